The minimum atomic E-state index is -1.83. The average Bonchev–Trinajstić information content (AvgIpc) is 3.66. The van der Waals surface area contributed by atoms with Crippen LogP contribution in [0.5, 0.6) is 0 Å². The molecule has 0 spiro atoms. The summed E-state index contributed by atoms with van der Waals surface area (Å²) < 4.78 is 43.5. The summed E-state index contributed by atoms with van der Waals surface area (Å²) in [6, 6.07) is 0. The van der Waals surface area contributed by atoms with Gasteiger partial charge in [-0.2, -0.15) is 0 Å². The molecule has 39 heteroatoms. The van der Waals surface area contributed by atoms with Gasteiger partial charge in [0.2, 0.25) is 11.8 Å². The molecular formula is C46H81GdN5O33+. The van der Waals surface area contributed by atoms with Gasteiger partial charge in [0.1, 0.15) is 97.7 Å². The third-order valence-electron chi connectivity index (χ3n) is 13.9. The number of carbonyl (C=O) groups is 5. The summed E-state index contributed by atoms with van der Waals surface area (Å²) in [7, 11) is 0. The van der Waals surface area contributed by atoms with E-state index in [1.54, 1.807) is 0 Å². The molecule has 2 amide bonds. The predicted molar refractivity (Wildman–Crippen MR) is 265 cm³/mol. The van der Waals surface area contributed by atoms with Gasteiger partial charge in [0.05, 0.1) is 85.6 Å². The van der Waals surface area contributed by atoms with E-state index in [0.29, 0.717) is 0 Å². The Morgan fingerprint density at radius 1 is 0.318 bits per heavy atom. The molecule has 19 N–H and O–H groups in total. The molecule has 85 heavy (non-hydrogen) atoms. The van der Waals surface area contributed by atoms with Crippen molar-refractivity contribution >= 4 is 29.7 Å². The Kier molecular flexibility index (Phi) is 36.0. The summed E-state index contributed by atoms with van der Waals surface area (Å²) in [5.41, 5.74) is 0. The van der Waals surface area contributed by atoms with E-state index in [4.69, 9.17) is 37.9 Å². The van der Waals surface area contributed by atoms with E-state index in [-0.39, 0.29) is 71.6 Å². The smallest absolute Gasteiger partial charge is 2.00 e. The van der Waals surface area contributed by atoms with Crippen LogP contribution in [-0.2, 0) is 67.3 Å². The maximum Gasteiger partial charge on any atom is 3.00 e. The van der Waals surface area contributed by atoms with Gasteiger partial charge in [0, 0.05) is 52.4 Å². The first kappa shape index (κ1) is 78.6. The van der Waals surface area contributed by atoms with Gasteiger partial charge in [0.15, 0.2) is 25.2 Å². The standard InChI is InChI=1S/C46H81N5O32.Gd.O/c52-18-22-31(64)35(68)39(72)43(80-22)76-9-5-50(6-10-77-44-40(73)36(69)32(65)23(19-53)81-44)26(56)13-48(16-29(60)61)3-1-47(15-28(58)59)2-4-49(17-30(62)63)14-27(57)51(7-11-78-45-41(74)37(70)33(66)24(20-54)82-45)8-12-79-46-42(75)38(71)34(67)25(21-55)83-46;;/h22-25,31-46,52-55,64-75H,1-21H2,(H,58,59)(H,60,61)(H,62,63);;/q;+3;-2/t22-,23-,24+,25+,31+,32+,33-,34-,35-,36-,37+,38+,39+,40+,41-,42-,43?,44?,45?,46?;;. The SMILES string of the molecule is O=C(O)CN(CCN(CC(=O)O)CC(=O)N(CCOC1O[C@H](CO)[C@H](O)[C@@H](O)[C@@H]1O)CCOC1O[C@H](CO)[C@H](O)[C@@H](O)[C@@H]1O)CCN(CC(=O)O)CC(=O)N(CCOC1O[C@@H](CO)[C@@H](O)[C@H](O)[C@H]1O)CCOC1O[C@@H](CO)[C@@H](O)[C@H](O)[C@H]1O.[Gd+3].[O-2]. The molecule has 4 unspecified atom stereocenters. The average molecular weight is 1390 g/mol. The molecule has 4 rings (SSSR count). The molecule has 4 aliphatic heterocycles. The Balaban J connectivity index is 0.0000123. The predicted octanol–water partition coefficient (Wildman–Crippen LogP) is -14.0. The van der Waals surface area contributed by atoms with Crippen LogP contribution in [0.1, 0.15) is 0 Å². The van der Waals surface area contributed by atoms with Crippen LogP contribution in [0.3, 0.4) is 0 Å². The van der Waals surface area contributed by atoms with Crippen LogP contribution < -0.4 is 0 Å². The number of carbonyl (C=O) groups excluding carboxylic acids is 2. The van der Waals surface area contributed by atoms with E-state index in [2.05, 4.69) is 0 Å². The fourth-order valence-corrected chi connectivity index (χ4v) is 9.08. The topological polar surface area (TPSA) is 588 Å². The Morgan fingerprint density at radius 2 is 0.529 bits per heavy atom. The monoisotopic (exact) mass is 1390 g/mol. The van der Waals surface area contributed by atoms with Crippen molar-refractivity contribution in [1.82, 2.24) is 24.5 Å². The Hall–Kier alpha value is -2.45. The molecule has 20 atom stereocenters. The van der Waals surface area contributed by atoms with Gasteiger partial charge >= 0.3 is 57.8 Å². The number of aliphatic carboxylic acids is 3. The van der Waals surface area contributed by atoms with Gasteiger partial charge in [-0.25, -0.2) is 0 Å². The molecule has 0 bridgehead atoms. The number of aliphatic hydroxyl groups excluding tert-OH is 16. The summed E-state index contributed by atoms with van der Waals surface area (Å²) in [6.07, 6.45) is -33.5. The second kappa shape index (κ2) is 39.0. The fourth-order valence-electron chi connectivity index (χ4n) is 9.08. The summed E-state index contributed by atoms with van der Waals surface area (Å²) in [5.74, 6) is -5.96. The molecule has 4 heterocycles. The quantitative estimate of drug-likeness (QED) is 0.0277. The minimum Gasteiger partial charge on any atom is -2.00 e. The number of nitrogens with zero attached hydrogens (tertiary/aromatic N) is 5. The van der Waals surface area contributed by atoms with Crippen LogP contribution in [0.4, 0.5) is 0 Å². The molecule has 0 aromatic rings. The van der Waals surface area contributed by atoms with E-state index < -0.39 is 264 Å². The molecule has 4 fully saturated rings. The first-order valence-corrected chi connectivity index (χ1v) is 26.3. The number of ether oxygens (including phenoxy) is 8. The van der Waals surface area contributed by atoms with Crippen molar-refractivity contribution in [2.45, 2.75) is 123 Å². The van der Waals surface area contributed by atoms with E-state index in [9.17, 15) is 121 Å². The third kappa shape index (κ3) is 23.7. The second-order valence-corrected chi connectivity index (χ2v) is 19.9. The summed E-state index contributed by atoms with van der Waals surface area (Å²) in [4.78, 5) is 70.0. The maximum absolute atomic E-state index is 14.0. The zero-order chi connectivity index (χ0) is 61.8. The molecule has 4 aliphatic rings. The van der Waals surface area contributed by atoms with E-state index in [0.717, 1.165) is 19.6 Å². The first-order chi connectivity index (χ1) is 39.3. The minimum absolute atomic E-state index is 0. The zero-order valence-corrected chi connectivity index (χ0v) is 48.0. The van der Waals surface area contributed by atoms with Crippen LogP contribution in [0.25, 0.3) is 0 Å². The number of hydrogen-bond donors (Lipinski definition) is 19. The van der Waals surface area contributed by atoms with Crippen LogP contribution in [0.2, 0.25) is 0 Å². The third-order valence-corrected chi connectivity index (χ3v) is 13.9. The molecule has 38 nitrogen and oxygen atoms in total. The molecular weight excluding hydrogens is 1310 g/mol. The van der Waals surface area contributed by atoms with Gasteiger partial charge in [-0.05, 0) is 0 Å². The van der Waals surface area contributed by atoms with Crippen LogP contribution in [0.15, 0.2) is 0 Å². The van der Waals surface area contributed by atoms with Crippen LogP contribution in [-0.4, -0.2) is 412 Å². The Bertz CT molecular complexity index is 1770. The molecule has 0 aromatic carbocycles. The van der Waals surface area contributed by atoms with E-state index in [1.807, 2.05) is 0 Å². The van der Waals surface area contributed by atoms with E-state index in [1.165, 1.54) is 4.90 Å². The first-order valence-electron chi connectivity index (χ1n) is 26.3. The summed E-state index contributed by atoms with van der Waals surface area (Å²) in [5, 5.41) is 191. The number of hydrogen-bond acceptors (Lipinski definition) is 32. The van der Waals surface area contributed by atoms with Gasteiger partial charge < -0.3 is 150 Å². The summed E-state index contributed by atoms with van der Waals surface area (Å²) >= 11 is 0. The van der Waals surface area contributed by atoms with E-state index >= 15 is 0 Å². The van der Waals surface area contributed by atoms with Crippen LogP contribution >= 0.6 is 0 Å². The fraction of sp³-hybridized carbons (Fsp3) is 0.891. The van der Waals surface area contributed by atoms with Crippen LogP contribution in [0, 0.1) is 39.9 Å². The van der Waals surface area contributed by atoms with Crippen molar-refractivity contribution < 1.29 is 204 Å². The molecule has 0 aliphatic carbocycles. The number of carboxylic acid groups (broad SMARTS) is 3. The zero-order valence-electron chi connectivity index (χ0n) is 45.7. The van der Waals surface area contributed by atoms with Crippen molar-refractivity contribution in [3.05, 3.63) is 0 Å². The van der Waals surface area contributed by atoms with Crippen molar-refractivity contribution in [2.24, 2.45) is 0 Å². The maximum atomic E-state index is 14.0. The normalized spacial score (nSPS) is 33.3. The Morgan fingerprint density at radius 3 is 0.741 bits per heavy atom. The largest absolute Gasteiger partial charge is 3.00 e. The van der Waals surface area contributed by atoms with Gasteiger partial charge in [0.25, 0.3) is 0 Å². The molecule has 0 saturated carbocycles. The molecule has 0 aromatic heterocycles. The van der Waals surface area contributed by atoms with Crippen molar-refractivity contribution in [3.8, 4) is 0 Å². The Labute approximate surface area is 516 Å². The van der Waals surface area contributed by atoms with Crippen molar-refractivity contribution in [3.63, 3.8) is 0 Å². The van der Waals surface area contributed by atoms with Crippen molar-refractivity contribution in [2.75, 3.05) is 138 Å². The number of aliphatic hydroxyl groups is 16. The molecule has 495 valence electrons. The van der Waals surface area contributed by atoms with Crippen molar-refractivity contribution in [1.29, 1.82) is 0 Å². The number of carboxylic acids is 3. The number of amides is 2. The molecule has 1 radical (unpaired) electrons. The number of rotatable bonds is 36. The van der Waals surface area contributed by atoms with Gasteiger partial charge in [-0.3, -0.25) is 38.7 Å². The second-order valence-electron chi connectivity index (χ2n) is 19.9. The van der Waals surface area contributed by atoms with Gasteiger partial charge in [-0.1, -0.05) is 0 Å². The van der Waals surface area contributed by atoms with Gasteiger partial charge in [-0.15, -0.1) is 0 Å². The molecule has 4 saturated heterocycles. The summed E-state index contributed by atoms with van der Waals surface area (Å²) in [6.45, 7) is -11.8.